The lowest BCUT2D eigenvalue weighted by atomic mass is 10.0. The Morgan fingerprint density at radius 2 is 1.83 bits per heavy atom. The molecule has 18 heavy (non-hydrogen) atoms. The average Bonchev–Trinajstić information content (AvgIpc) is 2.70. The first kappa shape index (κ1) is 13.7. The van der Waals surface area contributed by atoms with Gasteiger partial charge in [-0.2, -0.15) is 0 Å². The molecule has 1 aromatic carbocycles. The molecule has 2 rings (SSSR count). The second-order valence-corrected chi connectivity index (χ2v) is 6.57. The lowest BCUT2D eigenvalue weighted by Crippen LogP contribution is -2.17. The molecule has 1 aromatic heterocycles. The van der Waals surface area contributed by atoms with E-state index < -0.39 is 0 Å². The number of thiophene rings is 1. The molecule has 0 aliphatic heterocycles. The van der Waals surface area contributed by atoms with Crippen LogP contribution in [0.5, 0.6) is 0 Å². The molecule has 0 amide bonds. The highest BCUT2D eigenvalue weighted by molar-refractivity contribution is 7.98. The lowest BCUT2D eigenvalue weighted by molar-refractivity contribution is 0.699. The van der Waals surface area contributed by atoms with E-state index in [1.54, 1.807) is 11.8 Å². The third-order valence-corrected chi connectivity index (χ3v) is 5.04. The predicted octanol–water partition coefficient (Wildman–Crippen LogP) is 4.40. The molecule has 1 heterocycles. The van der Waals surface area contributed by atoms with Crippen LogP contribution >= 0.6 is 23.1 Å². The quantitative estimate of drug-likeness (QED) is 0.832. The minimum absolute atomic E-state index is 0.305. The van der Waals surface area contributed by atoms with Gasteiger partial charge < -0.3 is 5.32 Å². The molecular weight excluding hydrogens is 258 g/mol. The van der Waals surface area contributed by atoms with Gasteiger partial charge >= 0.3 is 0 Å². The molecule has 0 radical (unpaired) electrons. The maximum atomic E-state index is 3.43. The number of nitrogens with one attached hydrogen (secondary N) is 1. The van der Waals surface area contributed by atoms with E-state index in [1.807, 2.05) is 18.4 Å². The monoisotopic (exact) mass is 277 g/mol. The van der Waals surface area contributed by atoms with E-state index in [1.165, 1.54) is 25.8 Å². The molecular formula is C15H19NS2. The zero-order chi connectivity index (χ0) is 13.1. The third-order valence-electron chi connectivity index (χ3n) is 3.08. The molecule has 0 spiro atoms. The Bertz CT molecular complexity index is 514. The fourth-order valence-corrected chi connectivity index (χ4v) is 3.77. The van der Waals surface area contributed by atoms with Crippen molar-refractivity contribution in [2.24, 2.45) is 0 Å². The van der Waals surface area contributed by atoms with E-state index in [-0.39, 0.29) is 0 Å². The number of aryl methyl sites for hydroxylation is 2. The molecule has 1 atom stereocenters. The van der Waals surface area contributed by atoms with Gasteiger partial charge in [0.05, 0.1) is 6.04 Å². The fraction of sp³-hybridized carbons (Fsp3) is 0.333. The van der Waals surface area contributed by atoms with E-state index in [2.05, 4.69) is 55.8 Å². The van der Waals surface area contributed by atoms with Crippen molar-refractivity contribution in [2.45, 2.75) is 24.8 Å². The number of hydrogen-bond acceptors (Lipinski definition) is 3. The van der Waals surface area contributed by atoms with Crippen molar-refractivity contribution in [3.8, 4) is 0 Å². The Labute approximate surface area is 118 Å². The zero-order valence-corrected chi connectivity index (χ0v) is 12.9. The van der Waals surface area contributed by atoms with Crippen molar-refractivity contribution in [3.63, 3.8) is 0 Å². The SMILES string of the molecule is CNC(c1ccc(SC)cc1)c1sc(C)cc1C. The summed E-state index contributed by atoms with van der Waals surface area (Å²) >= 11 is 3.67. The van der Waals surface area contributed by atoms with E-state index in [0.717, 1.165) is 0 Å². The van der Waals surface area contributed by atoms with Crippen LogP contribution in [0.15, 0.2) is 35.2 Å². The van der Waals surface area contributed by atoms with E-state index in [0.29, 0.717) is 6.04 Å². The Hall–Kier alpha value is -0.770. The van der Waals surface area contributed by atoms with Crippen molar-refractivity contribution < 1.29 is 0 Å². The first-order valence-electron chi connectivity index (χ1n) is 6.04. The standard InChI is InChI=1S/C15H19NS2/c1-10-9-11(2)18-15(10)14(16-3)12-5-7-13(17-4)8-6-12/h5-9,14,16H,1-4H3. The average molecular weight is 277 g/mol. The van der Waals surface area contributed by atoms with Gasteiger partial charge in [0, 0.05) is 14.6 Å². The van der Waals surface area contributed by atoms with Gasteiger partial charge in [-0.1, -0.05) is 12.1 Å². The van der Waals surface area contributed by atoms with Gasteiger partial charge in [0.2, 0.25) is 0 Å². The first-order valence-corrected chi connectivity index (χ1v) is 8.08. The second-order valence-electron chi connectivity index (χ2n) is 4.40. The van der Waals surface area contributed by atoms with Gasteiger partial charge in [-0.05, 0) is 56.5 Å². The van der Waals surface area contributed by atoms with Crippen molar-refractivity contribution in [2.75, 3.05) is 13.3 Å². The second kappa shape index (κ2) is 5.91. The van der Waals surface area contributed by atoms with Crippen LogP contribution in [0.1, 0.15) is 26.9 Å². The van der Waals surface area contributed by atoms with Gasteiger partial charge in [-0.3, -0.25) is 0 Å². The van der Waals surface area contributed by atoms with Gasteiger partial charge in [0.25, 0.3) is 0 Å². The highest BCUT2D eigenvalue weighted by Crippen LogP contribution is 2.32. The third kappa shape index (κ3) is 2.79. The van der Waals surface area contributed by atoms with Crippen molar-refractivity contribution >= 4 is 23.1 Å². The van der Waals surface area contributed by atoms with Crippen LogP contribution in [0.3, 0.4) is 0 Å². The molecule has 2 aromatic rings. The van der Waals surface area contributed by atoms with Gasteiger partial charge in [-0.25, -0.2) is 0 Å². The topological polar surface area (TPSA) is 12.0 Å². The van der Waals surface area contributed by atoms with Gasteiger partial charge in [0.15, 0.2) is 0 Å². The number of benzene rings is 1. The summed E-state index contributed by atoms with van der Waals surface area (Å²) in [6.45, 7) is 4.37. The van der Waals surface area contributed by atoms with Gasteiger partial charge in [0.1, 0.15) is 0 Å². The summed E-state index contributed by atoms with van der Waals surface area (Å²) in [5.41, 5.74) is 2.71. The van der Waals surface area contributed by atoms with Crippen LogP contribution in [0.25, 0.3) is 0 Å². The largest absolute Gasteiger partial charge is 0.309 e. The fourth-order valence-electron chi connectivity index (χ4n) is 2.19. The first-order chi connectivity index (χ1) is 8.65. The summed E-state index contributed by atoms with van der Waals surface area (Å²) in [4.78, 5) is 4.11. The normalized spacial score (nSPS) is 12.7. The maximum absolute atomic E-state index is 3.43. The Kier molecular flexibility index (Phi) is 4.49. The Morgan fingerprint density at radius 1 is 1.17 bits per heavy atom. The van der Waals surface area contributed by atoms with Crippen LogP contribution in [-0.2, 0) is 0 Å². The Balaban J connectivity index is 2.35. The molecule has 1 unspecified atom stereocenters. The van der Waals surface area contributed by atoms with Gasteiger partial charge in [-0.15, -0.1) is 23.1 Å². The molecule has 3 heteroatoms. The highest BCUT2D eigenvalue weighted by Gasteiger charge is 2.16. The molecule has 0 saturated carbocycles. The molecule has 0 bridgehead atoms. The molecule has 0 aliphatic carbocycles. The van der Waals surface area contributed by atoms with Crippen LogP contribution in [-0.4, -0.2) is 13.3 Å². The zero-order valence-electron chi connectivity index (χ0n) is 11.3. The molecule has 0 fully saturated rings. The summed E-state index contributed by atoms with van der Waals surface area (Å²) in [6, 6.07) is 11.4. The number of hydrogen-bond donors (Lipinski definition) is 1. The van der Waals surface area contributed by atoms with Crippen LogP contribution in [0.4, 0.5) is 0 Å². The molecule has 1 N–H and O–H groups in total. The minimum atomic E-state index is 0.305. The van der Waals surface area contributed by atoms with Crippen molar-refractivity contribution in [1.29, 1.82) is 0 Å². The van der Waals surface area contributed by atoms with E-state index in [4.69, 9.17) is 0 Å². The number of rotatable bonds is 4. The van der Waals surface area contributed by atoms with Crippen molar-refractivity contribution in [1.82, 2.24) is 5.32 Å². The maximum Gasteiger partial charge on any atom is 0.0671 e. The lowest BCUT2D eigenvalue weighted by Gasteiger charge is -2.16. The highest BCUT2D eigenvalue weighted by atomic mass is 32.2. The van der Waals surface area contributed by atoms with Crippen LogP contribution < -0.4 is 5.32 Å². The molecule has 1 nitrogen and oxygen atoms in total. The van der Waals surface area contributed by atoms with E-state index in [9.17, 15) is 0 Å². The summed E-state index contributed by atoms with van der Waals surface area (Å²) in [5, 5.41) is 3.43. The smallest absolute Gasteiger partial charge is 0.0671 e. The predicted molar refractivity (Wildman–Crippen MR) is 82.9 cm³/mol. The molecule has 0 saturated heterocycles. The Morgan fingerprint density at radius 3 is 2.28 bits per heavy atom. The van der Waals surface area contributed by atoms with E-state index >= 15 is 0 Å². The summed E-state index contributed by atoms with van der Waals surface area (Å²) < 4.78 is 0. The minimum Gasteiger partial charge on any atom is -0.309 e. The molecule has 0 aliphatic rings. The summed E-state index contributed by atoms with van der Waals surface area (Å²) in [7, 11) is 2.03. The van der Waals surface area contributed by atoms with Crippen LogP contribution in [0, 0.1) is 13.8 Å². The van der Waals surface area contributed by atoms with Crippen molar-refractivity contribution in [3.05, 3.63) is 51.2 Å². The molecule has 96 valence electrons. The van der Waals surface area contributed by atoms with Crippen LogP contribution in [0.2, 0.25) is 0 Å². The summed E-state index contributed by atoms with van der Waals surface area (Å²) in [6.07, 6.45) is 2.11. The number of thioether (sulfide) groups is 1. The summed E-state index contributed by atoms with van der Waals surface area (Å²) in [5.74, 6) is 0.